The van der Waals surface area contributed by atoms with Crippen LogP contribution in [0.3, 0.4) is 0 Å². The van der Waals surface area contributed by atoms with Crippen molar-refractivity contribution in [2.75, 3.05) is 18.4 Å². The van der Waals surface area contributed by atoms with E-state index in [2.05, 4.69) is 5.32 Å². The Hall–Kier alpha value is 0.01000. The molecular weight excluding hydrogens is 249 g/mol. The van der Waals surface area contributed by atoms with Gasteiger partial charge in [-0.1, -0.05) is 6.92 Å². The molecule has 1 N–H and O–H groups in total. The Morgan fingerprint density at radius 3 is 2.06 bits per heavy atom. The Labute approximate surface area is 108 Å². The van der Waals surface area contributed by atoms with E-state index in [1.165, 1.54) is 0 Å². The number of hydrogen-bond acceptors (Lipinski definition) is 2. The molecule has 0 fully saturated rings. The number of nitrogens with one attached hydrogen (secondary N) is 1. The first kappa shape index (κ1) is 16.0. The van der Waals surface area contributed by atoms with Crippen molar-refractivity contribution >= 4 is 29.1 Å². The third kappa shape index (κ3) is 5.92. The van der Waals surface area contributed by atoms with Gasteiger partial charge in [0.05, 0.1) is 11.1 Å². The topological polar surface area (TPSA) is 38.3 Å². The van der Waals surface area contributed by atoms with Gasteiger partial charge in [0.1, 0.15) is 6.61 Å². The number of rotatable bonds is 6. The maximum Gasteiger partial charge on any atom is 0.246 e. The normalized spacial score (nSPS) is 12.6. The molecule has 0 heterocycles. The number of alkyl halides is 2. The molecule has 0 spiro atoms. The fourth-order valence-electron chi connectivity index (χ4n) is 0.994. The smallest absolute Gasteiger partial charge is 0.246 e. The summed E-state index contributed by atoms with van der Waals surface area (Å²) in [6, 6.07) is 0. The van der Waals surface area contributed by atoms with Gasteiger partial charge in [-0.15, -0.1) is 23.2 Å². The SMILES string of the molecule is CCC(CCl)(CCl)NC(=O)COC(C)(C)C. The zero-order chi connectivity index (χ0) is 12.8. The summed E-state index contributed by atoms with van der Waals surface area (Å²) in [5.41, 5.74) is -0.852. The highest BCUT2D eigenvalue weighted by Gasteiger charge is 2.28. The summed E-state index contributed by atoms with van der Waals surface area (Å²) in [7, 11) is 0. The first-order valence-corrected chi connectivity index (χ1v) is 6.42. The van der Waals surface area contributed by atoms with Crippen molar-refractivity contribution in [3.63, 3.8) is 0 Å². The fraction of sp³-hybridized carbons (Fsp3) is 0.909. The van der Waals surface area contributed by atoms with Crippen molar-refractivity contribution in [2.45, 2.75) is 45.3 Å². The molecule has 3 nitrogen and oxygen atoms in total. The van der Waals surface area contributed by atoms with Crippen LogP contribution >= 0.6 is 23.2 Å². The fourth-order valence-corrected chi connectivity index (χ4v) is 1.79. The molecule has 0 bridgehead atoms. The lowest BCUT2D eigenvalue weighted by Gasteiger charge is -2.30. The number of ether oxygens (including phenoxy) is 1. The summed E-state index contributed by atoms with van der Waals surface area (Å²) in [5.74, 6) is 0.417. The van der Waals surface area contributed by atoms with Crippen molar-refractivity contribution in [3.05, 3.63) is 0 Å². The average Bonchev–Trinajstić information content (AvgIpc) is 2.22. The second kappa shape index (κ2) is 6.67. The van der Waals surface area contributed by atoms with Crippen LogP contribution in [0.1, 0.15) is 34.1 Å². The van der Waals surface area contributed by atoms with Gasteiger partial charge in [0, 0.05) is 11.8 Å². The van der Waals surface area contributed by atoms with Crippen LogP contribution < -0.4 is 5.32 Å². The molecule has 1 amide bonds. The minimum atomic E-state index is -0.526. The number of amides is 1. The van der Waals surface area contributed by atoms with Crippen LogP contribution in [0.2, 0.25) is 0 Å². The Kier molecular flexibility index (Phi) is 6.68. The maximum atomic E-state index is 11.6. The van der Waals surface area contributed by atoms with E-state index >= 15 is 0 Å². The Bertz CT molecular complexity index is 214. The molecule has 5 heteroatoms. The van der Waals surface area contributed by atoms with E-state index in [4.69, 9.17) is 27.9 Å². The van der Waals surface area contributed by atoms with Gasteiger partial charge in [-0.2, -0.15) is 0 Å². The van der Waals surface area contributed by atoms with E-state index in [0.717, 1.165) is 0 Å². The van der Waals surface area contributed by atoms with Gasteiger partial charge in [-0.3, -0.25) is 4.79 Å². The molecular formula is C11H21Cl2NO2. The molecule has 0 aromatic heterocycles. The highest BCUT2D eigenvalue weighted by Crippen LogP contribution is 2.15. The molecule has 0 aliphatic carbocycles. The van der Waals surface area contributed by atoms with Gasteiger partial charge in [-0.25, -0.2) is 0 Å². The van der Waals surface area contributed by atoms with Crippen LogP contribution in [0.15, 0.2) is 0 Å². The zero-order valence-electron chi connectivity index (χ0n) is 10.4. The Balaban J connectivity index is 4.21. The van der Waals surface area contributed by atoms with Crippen LogP contribution in [0.4, 0.5) is 0 Å². The van der Waals surface area contributed by atoms with Gasteiger partial charge < -0.3 is 10.1 Å². The summed E-state index contributed by atoms with van der Waals surface area (Å²) in [4.78, 5) is 11.6. The number of carbonyl (C=O) groups is 1. The van der Waals surface area contributed by atoms with E-state index in [1.54, 1.807) is 0 Å². The van der Waals surface area contributed by atoms with E-state index in [0.29, 0.717) is 18.2 Å². The van der Waals surface area contributed by atoms with Gasteiger partial charge in [0.2, 0.25) is 5.91 Å². The van der Waals surface area contributed by atoms with Crippen LogP contribution in [-0.2, 0) is 9.53 Å². The number of halogens is 2. The standard InChI is InChI=1S/C11H21Cl2NO2/c1-5-11(7-12,8-13)14-9(15)6-16-10(2,3)4/h5-8H2,1-4H3,(H,14,15). The highest BCUT2D eigenvalue weighted by molar-refractivity contribution is 6.22. The first-order chi connectivity index (χ1) is 7.28. The molecule has 0 aromatic carbocycles. The van der Waals surface area contributed by atoms with Crippen LogP contribution in [-0.4, -0.2) is 35.4 Å². The molecule has 0 rings (SSSR count). The Morgan fingerprint density at radius 1 is 1.25 bits per heavy atom. The van der Waals surface area contributed by atoms with Gasteiger partial charge in [0.25, 0.3) is 0 Å². The summed E-state index contributed by atoms with van der Waals surface area (Å²) in [6.07, 6.45) is 0.696. The molecule has 16 heavy (non-hydrogen) atoms. The van der Waals surface area contributed by atoms with Crippen molar-refractivity contribution in [2.24, 2.45) is 0 Å². The molecule has 0 saturated heterocycles. The molecule has 0 atom stereocenters. The second-order valence-electron chi connectivity index (χ2n) is 4.85. The van der Waals surface area contributed by atoms with Crippen molar-refractivity contribution in [1.82, 2.24) is 5.32 Å². The minimum Gasteiger partial charge on any atom is -0.366 e. The lowest BCUT2D eigenvalue weighted by atomic mass is 10.0. The van der Waals surface area contributed by atoms with E-state index < -0.39 is 5.54 Å². The van der Waals surface area contributed by atoms with Crippen molar-refractivity contribution in [3.8, 4) is 0 Å². The highest BCUT2D eigenvalue weighted by atomic mass is 35.5. The number of hydrogen-bond donors (Lipinski definition) is 1. The molecule has 0 aliphatic rings. The lowest BCUT2D eigenvalue weighted by molar-refractivity contribution is -0.132. The molecule has 0 saturated carbocycles. The predicted molar refractivity (Wildman–Crippen MR) is 68.3 cm³/mol. The largest absolute Gasteiger partial charge is 0.366 e. The first-order valence-electron chi connectivity index (χ1n) is 5.35. The quantitative estimate of drug-likeness (QED) is 0.753. The zero-order valence-corrected chi connectivity index (χ0v) is 11.9. The van der Waals surface area contributed by atoms with Gasteiger partial charge >= 0.3 is 0 Å². The summed E-state index contributed by atoms with van der Waals surface area (Å²) < 4.78 is 5.37. The minimum absolute atomic E-state index is 0.0268. The molecule has 96 valence electrons. The molecule has 0 unspecified atom stereocenters. The summed E-state index contributed by atoms with van der Waals surface area (Å²) in [5, 5.41) is 2.82. The van der Waals surface area contributed by atoms with E-state index in [1.807, 2.05) is 27.7 Å². The number of carbonyl (C=O) groups excluding carboxylic acids is 1. The van der Waals surface area contributed by atoms with E-state index in [9.17, 15) is 4.79 Å². The van der Waals surface area contributed by atoms with Crippen LogP contribution in [0.25, 0.3) is 0 Å². The van der Waals surface area contributed by atoms with Crippen molar-refractivity contribution in [1.29, 1.82) is 0 Å². The van der Waals surface area contributed by atoms with Crippen LogP contribution in [0, 0.1) is 0 Å². The van der Waals surface area contributed by atoms with Gasteiger partial charge in [0.15, 0.2) is 0 Å². The summed E-state index contributed by atoms with van der Waals surface area (Å²) >= 11 is 11.6. The molecule has 0 aliphatic heterocycles. The average molecular weight is 270 g/mol. The molecule has 0 radical (unpaired) electrons. The van der Waals surface area contributed by atoms with E-state index in [-0.39, 0.29) is 18.1 Å². The second-order valence-corrected chi connectivity index (χ2v) is 5.38. The lowest BCUT2D eigenvalue weighted by Crippen LogP contribution is -2.52. The van der Waals surface area contributed by atoms with Crippen molar-refractivity contribution < 1.29 is 9.53 Å². The van der Waals surface area contributed by atoms with Gasteiger partial charge in [-0.05, 0) is 27.2 Å². The third-order valence-electron chi connectivity index (χ3n) is 2.23. The monoisotopic (exact) mass is 269 g/mol. The third-order valence-corrected chi connectivity index (χ3v) is 3.25. The maximum absolute atomic E-state index is 11.6. The van der Waals surface area contributed by atoms with Crippen LogP contribution in [0.5, 0.6) is 0 Å². The Morgan fingerprint density at radius 2 is 1.75 bits per heavy atom. The molecule has 0 aromatic rings. The summed E-state index contributed by atoms with van der Waals surface area (Å²) in [6.45, 7) is 7.66. The predicted octanol–water partition coefficient (Wildman–Crippen LogP) is 2.54.